The molecule has 0 saturated carbocycles. The number of likely N-dealkylation sites (tertiary alicyclic amines) is 2. The lowest BCUT2D eigenvalue weighted by molar-refractivity contribution is -0.144. The minimum absolute atomic E-state index is 0.0528. The molecule has 4 aliphatic rings. The predicted octanol–water partition coefficient (Wildman–Crippen LogP) is 4.33. The number of aliphatic hydroxyl groups is 1. The molecule has 1 spiro atoms. The Morgan fingerprint density at radius 1 is 0.924 bits per heavy atom. The van der Waals surface area contributed by atoms with E-state index in [1.165, 1.54) is 23.4 Å². The number of aryl methyl sites for hydroxylation is 1. The molecule has 4 aromatic rings. The van der Waals surface area contributed by atoms with Crippen LogP contribution >= 0.6 is 11.3 Å². The molecule has 4 aliphatic heterocycles. The largest absolute Gasteiger partial charge is 0.391 e. The van der Waals surface area contributed by atoms with E-state index >= 15 is 8.78 Å². The first-order chi connectivity index (χ1) is 37.6. The number of nitrogens with zero attached hydrogens (tertiary/aromatic N) is 7. The molecule has 0 radical (unpaired) electrons. The molecule has 6 heterocycles. The third-order valence-electron chi connectivity index (χ3n) is 15.7. The van der Waals surface area contributed by atoms with Gasteiger partial charge in [0, 0.05) is 75.8 Å². The van der Waals surface area contributed by atoms with Crippen molar-refractivity contribution in [3.63, 3.8) is 0 Å². The molecule has 4 saturated heterocycles. The van der Waals surface area contributed by atoms with Crippen LogP contribution in [0.3, 0.4) is 0 Å². The van der Waals surface area contributed by atoms with Crippen LogP contribution in [0.1, 0.15) is 89.6 Å². The van der Waals surface area contributed by atoms with Crippen LogP contribution in [-0.2, 0) is 40.0 Å². The standard InChI is InChI=1S/C56H76F2N12O8S/c1-35(37-8-10-38(11-9-37)49-36(2)63-34-79-49)64-51(74)44-25-40(71)29-70(44)52(75)50(54(3,4)5)65-48(73)31-78-23-22-77-21-16-60-53(76)55(6)12-17-67(18-13-55)28-39-24-42(58)43(26-41(39)57)69-30-47(72)66-56(32-69)14-19-68(20-15-56)46-27-45(59-7)61-33-62-46/h8-11,24,26-27,33-35,40,44,50,71H,12-23,25,28-32H2,1-7H3,(H,60,76)(H,64,74)(H,65,73)(H,66,72)(H,59,61,62)/t35-,40?,44-,50+/m0/s1. The Balaban J connectivity index is 0.718. The number of aromatic nitrogens is 3. The first-order valence-corrected chi connectivity index (χ1v) is 28.1. The van der Waals surface area contributed by atoms with Crippen LogP contribution in [0.2, 0.25) is 0 Å². The van der Waals surface area contributed by atoms with Crippen molar-refractivity contribution in [3.05, 3.63) is 82.8 Å². The molecule has 0 aliphatic carbocycles. The summed E-state index contributed by atoms with van der Waals surface area (Å²) in [5.74, 6) is -1.45. The van der Waals surface area contributed by atoms with Crippen LogP contribution in [0.25, 0.3) is 10.4 Å². The number of anilines is 3. The van der Waals surface area contributed by atoms with E-state index in [2.05, 4.69) is 46.4 Å². The van der Waals surface area contributed by atoms with Gasteiger partial charge in [-0.25, -0.2) is 23.7 Å². The smallest absolute Gasteiger partial charge is 0.246 e. The maximum atomic E-state index is 15.9. The van der Waals surface area contributed by atoms with Gasteiger partial charge in [-0.05, 0) is 75.2 Å². The Labute approximate surface area is 464 Å². The molecule has 428 valence electrons. The van der Waals surface area contributed by atoms with Gasteiger partial charge in [-0.1, -0.05) is 52.0 Å². The second kappa shape index (κ2) is 25.4. The van der Waals surface area contributed by atoms with E-state index in [1.807, 2.05) is 76.8 Å². The third-order valence-corrected chi connectivity index (χ3v) is 16.7. The van der Waals surface area contributed by atoms with Gasteiger partial charge in [0.15, 0.2) is 0 Å². The normalized spacial score (nSPS) is 20.1. The summed E-state index contributed by atoms with van der Waals surface area (Å²) >= 11 is 1.56. The highest BCUT2D eigenvalue weighted by Gasteiger charge is 2.46. The third kappa shape index (κ3) is 14.5. The van der Waals surface area contributed by atoms with Crippen molar-refractivity contribution in [2.75, 3.05) is 101 Å². The van der Waals surface area contributed by atoms with Gasteiger partial charge in [-0.2, -0.15) is 0 Å². The summed E-state index contributed by atoms with van der Waals surface area (Å²) in [5.41, 5.74) is 2.91. The van der Waals surface area contributed by atoms with Crippen molar-refractivity contribution in [2.24, 2.45) is 10.8 Å². The van der Waals surface area contributed by atoms with Crippen LogP contribution in [0.4, 0.5) is 26.1 Å². The predicted molar refractivity (Wildman–Crippen MR) is 296 cm³/mol. The monoisotopic (exact) mass is 1110 g/mol. The lowest BCUT2D eigenvalue weighted by atomic mass is 9.79. The average Bonchev–Trinajstić information content (AvgIpc) is 4.09. The molecule has 0 bridgehead atoms. The summed E-state index contributed by atoms with van der Waals surface area (Å²) in [6.07, 6.45) is 2.89. The van der Waals surface area contributed by atoms with Crippen LogP contribution < -0.4 is 36.4 Å². The lowest BCUT2D eigenvalue weighted by Gasteiger charge is -2.48. The fraction of sp³-hybridized carbons (Fsp3) is 0.571. The number of thiazole rings is 1. The molecule has 1 unspecified atom stereocenters. The summed E-state index contributed by atoms with van der Waals surface area (Å²) in [5, 5.41) is 25.6. The Hall–Kier alpha value is -6.40. The van der Waals surface area contributed by atoms with E-state index in [0.717, 1.165) is 27.5 Å². The number of halogens is 2. The number of rotatable bonds is 20. The summed E-state index contributed by atoms with van der Waals surface area (Å²) in [7, 11) is 1.79. The topological polar surface area (TPSA) is 236 Å². The van der Waals surface area contributed by atoms with Crippen LogP contribution in [0, 0.1) is 29.4 Å². The fourth-order valence-corrected chi connectivity index (χ4v) is 11.7. The molecule has 79 heavy (non-hydrogen) atoms. The molecule has 5 amide bonds. The highest BCUT2D eigenvalue weighted by Crippen LogP contribution is 2.36. The second-order valence-electron chi connectivity index (χ2n) is 22.7. The number of benzene rings is 2. The molecule has 4 atom stereocenters. The fourth-order valence-electron chi connectivity index (χ4n) is 10.9. The zero-order valence-electron chi connectivity index (χ0n) is 46.3. The van der Waals surface area contributed by atoms with Gasteiger partial charge >= 0.3 is 0 Å². The summed E-state index contributed by atoms with van der Waals surface area (Å²) in [4.78, 5) is 88.4. The van der Waals surface area contributed by atoms with Gasteiger partial charge < -0.3 is 55.9 Å². The number of β-amino-alcohol motifs (C(OH)–C–C–N with tert-alkyl or cyclic N) is 1. The van der Waals surface area contributed by atoms with Gasteiger partial charge in [0.25, 0.3) is 0 Å². The minimum atomic E-state index is -1.02. The maximum absolute atomic E-state index is 15.9. The van der Waals surface area contributed by atoms with Gasteiger partial charge in [0.05, 0.1) is 65.8 Å². The second-order valence-corrected chi connectivity index (χ2v) is 23.6. The Morgan fingerprint density at radius 3 is 2.33 bits per heavy atom. The Kier molecular flexibility index (Phi) is 18.9. The van der Waals surface area contributed by atoms with Crippen molar-refractivity contribution in [1.82, 2.24) is 46.0 Å². The van der Waals surface area contributed by atoms with Crippen molar-refractivity contribution >= 4 is 58.2 Å². The number of carbonyl (C=O) groups excluding carboxylic acids is 5. The van der Waals surface area contributed by atoms with E-state index in [-0.39, 0.29) is 88.1 Å². The van der Waals surface area contributed by atoms with Gasteiger partial charge in [0.1, 0.15) is 48.3 Å². The van der Waals surface area contributed by atoms with E-state index in [0.29, 0.717) is 64.2 Å². The molecule has 2 aromatic heterocycles. The highest BCUT2D eigenvalue weighted by atomic mass is 32.1. The SMILES string of the molecule is CNc1cc(N2CCC3(CC2)CN(c2cc(F)c(CN4CCC(C)(C(=O)NCCOCCOCC(=O)N[C@H](C(=O)N5CC(O)C[C@H]5C(=O)N[C@@H](C)c5ccc(-c6scnc6C)cc5)C(C)(C)C)CC4)cc2F)CC(=O)N3)ncn1. The molecule has 4 fully saturated rings. The molecule has 8 rings (SSSR count). The van der Waals surface area contributed by atoms with E-state index in [1.54, 1.807) is 28.8 Å². The van der Waals surface area contributed by atoms with Crippen LogP contribution in [-0.4, -0.2) is 169 Å². The number of aliphatic hydroxyl groups excluding tert-OH is 1. The minimum Gasteiger partial charge on any atom is -0.391 e. The maximum Gasteiger partial charge on any atom is 0.246 e. The Morgan fingerprint density at radius 2 is 1.65 bits per heavy atom. The van der Waals surface area contributed by atoms with E-state index < -0.39 is 63.9 Å². The van der Waals surface area contributed by atoms with Gasteiger partial charge in [0.2, 0.25) is 29.5 Å². The number of hydrogen-bond acceptors (Lipinski definition) is 16. The lowest BCUT2D eigenvalue weighted by Crippen LogP contribution is -2.66. The van der Waals surface area contributed by atoms with Crippen molar-refractivity contribution in [1.29, 1.82) is 0 Å². The van der Waals surface area contributed by atoms with Gasteiger partial charge in [-0.3, -0.25) is 28.9 Å². The zero-order chi connectivity index (χ0) is 56.6. The molecular formula is C56H76F2N12O8S. The van der Waals surface area contributed by atoms with Crippen molar-refractivity contribution in [3.8, 4) is 10.4 Å². The van der Waals surface area contributed by atoms with E-state index in [4.69, 9.17) is 9.47 Å². The number of ether oxygens (including phenoxy) is 2. The number of amides is 5. The van der Waals surface area contributed by atoms with Crippen molar-refractivity contribution < 1.29 is 47.3 Å². The molecule has 20 nitrogen and oxygen atoms in total. The first kappa shape index (κ1) is 58.7. The zero-order valence-corrected chi connectivity index (χ0v) is 47.1. The molecule has 2 aromatic carbocycles. The van der Waals surface area contributed by atoms with Crippen LogP contribution in [0.5, 0.6) is 0 Å². The molecule has 23 heteroatoms. The molecule has 6 N–H and O–H groups in total. The quantitative estimate of drug-likeness (QED) is 0.0677. The number of nitrogens with one attached hydrogen (secondary N) is 5. The number of piperidine rings is 2. The van der Waals surface area contributed by atoms with E-state index in [9.17, 15) is 29.1 Å². The number of hydrogen-bond donors (Lipinski definition) is 6. The van der Waals surface area contributed by atoms with Crippen LogP contribution in [0.15, 0.2) is 54.3 Å². The van der Waals surface area contributed by atoms with Gasteiger partial charge in [-0.15, -0.1) is 11.3 Å². The Bertz CT molecular complexity index is 2800. The number of piperazine rings is 1. The molecular weight excluding hydrogens is 1040 g/mol. The highest BCUT2D eigenvalue weighted by molar-refractivity contribution is 7.13. The summed E-state index contributed by atoms with van der Waals surface area (Å²) in [6, 6.07) is 9.83. The average molecular weight is 1120 g/mol. The number of carbonyl (C=O) groups is 5. The summed E-state index contributed by atoms with van der Waals surface area (Å²) < 4.78 is 42.9. The van der Waals surface area contributed by atoms with Crippen molar-refractivity contribution in [2.45, 2.75) is 110 Å². The first-order valence-electron chi connectivity index (χ1n) is 27.2. The summed E-state index contributed by atoms with van der Waals surface area (Å²) in [6.45, 7) is 14.1.